The first-order valence-electron chi connectivity index (χ1n) is 3.86. The summed E-state index contributed by atoms with van der Waals surface area (Å²) in [7, 11) is 0. The molecule has 1 N–H and O–H groups in total. The smallest absolute Gasteiger partial charge is 0.0830 e. The van der Waals surface area contributed by atoms with Crippen LogP contribution in [-0.2, 0) is 0 Å². The lowest BCUT2D eigenvalue weighted by Gasteiger charge is -2.09. The van der Waals surface area contributed by atoms with E-state index in [1.54, 1.807) is 6.34 Å². The van der Waals surface area contributed by atoms with Gasteiger partial charge in [0.1, 0.15) is 0 Å². The van der Waals surface area contributed by atoms with Gasteiger partial charge >= 0.3 is 0 Å². The van der Waals surface area contributed by atoms with Crippen molar-refractivity contribution in [3.8, 4) is 0 Å². The Bertz CT molecular complexity index is 284. The van der Waals surface area contributed by atoms with Gasteiger partial charge in [0, 0.05) is 4.47 Å². The van der Waals surface area contributed by atoms with Gasteiger partial charge < -0.3 is 5.32 Å². The lowest BCUT2D eigenvalue weighted by atomic mass is 10.1. The van der Waals surface area contributed by atoms with Crippen LogP contribution >= 0.6 is 15.9 Å². The Morgan fingerprint density at radius 3 is 2.67 bits per heavy atom. The van der Waals surface area contributed by atoms with E-state index in [1.165, 1.54) is 5.56 Å². The Morgan fingerprint density at radius 1 is 1.33 bits per heavy atom. The minimum atomic E-state index is 0.373. The Labute approximate surface area is 79.8 Å². The number of nitrogens with one attached hydrogen (secondary N) is 1. The van der Waals surface area contributed by atoms with Crippen molar-refractivity contribution in [3.63, 3.8) is 0 Å². The Balaban J connectivity index is 2.18. The third-order valence-electron chi connectivity index (χ3n) is 1.93. The minimum Gasteiger partial charge on any atom is -0.368 e. The average Bonchev–Trinajstić information content (AvgIpc) is 2.58. The van der Waals surface area contributed by atoms with E-state index < -0.39 is 0 Å². The van der Waals surface area contributed by atoms with Crippen LogP contribution in [0.15, 0.2) is 33.7 Å². The van der Waals surface area contributed by atoms with Crippen LogP contribution < -0.4 is 5.32 Å². The van der Waals surface area contributed by atoms with E-state index in [-0.39, 0.29) is 0 Å². The van der Waals surface area contributed by atoms with Gasteiger partial charge in [0.2, 0.25) is 0 Å². The van der Waals surface area contributed by atoms with Crippen molar-refractivity contribution in [2.24, 2.45) is 4.99 Å². The summed E-state index contributed by atoms with van der Waals surface area (Å²) in [6.45, 7) is 0.849. The van der Waals surface area contributed by atoms with Gasteiger partial charge in [-0.15, -0.1) is 0 Å². The van der Waals surface area contributed by atoms with Crippen molar-refractivity contribution in [1.82, 2.24) is 5.32 Å². The quantitative estimate of drug-likeness (QED) is 0.777. The lowest BCUT2D eigenvalue weighted by molar-refractivity contribution is 0.713. The second kappa shape index (κ2) is 3.27. The average molecular weight is 225 g/mol. The molecule has 0 amide bonds. The first kappa shape index (κ1) is 7.80. The molecular formula is C9H9BrN2. The molecule has 1 unspecified atom stereocenters. The Hall–Kier alpha value is -0.830. The molecular weight excluding hydrogens is 216 g/mol. The first-order chi connectivity index (χ1) is 5.86. The molecule has 1 aromatic carbocycles. The zero-order valence-electron chi connectivity index (χ0n) is 6.50. The van der Waals surface area contributed by atoms with E-state index in [1.807, 2.05) is 0 Å². The van der Waals surface area contributed by atoms with Crippen LogP contribution in [0.5, 0.6) is 0 Å². The molecule has 0 radical (unpaired) electrons. The monoisotopic (exact) mass is 224 g/mol. The van der Waals surface area contributed by atoms with E-state index in [4.69, 9.17) is 0 Å². The molecule has 0 bridgehead atoms. The molecule has 1 heterocycles. The van der Waals surface area contributed by atoms with Gasteiger partial charge in [-0.3, -0.25) is 4.99 Å². The van der Waals surface area contributed by atoms with Gasteiger partial charge in [0.25, 0.3) is 0 Å². The zero-order valence-corrected chi connectivity index (χ0v) is 8.08. The molecule has 0 saturated heterocycles. The highest BCUT2D eigenvalue weighted by Crippen LogP contribution is 2.18. The Kier molecular flexibility index (Phi) is 2.13. The minimum absolute atomic E-state index is 0.373. The van der Waals surface area contributed by atoms with Gasteiger partial charge in [-0.2, -0.15) is 0 Å². The predicted octanol–water partition coefficient (Wildman–Crippen LogP) is 2.12. The number of rotatable bonds is 1. The van der Waals surface area contributed by atoms with Crippen LogP contribution in [0.1, 0.15) is 11.6 Å². The number of benzene rings is 1. The molecule has 0 aliphatic carbocycles. The third kappa shape index (κ3) is 1.50. The summed E-state index contributed by atoms with van der Waals surface area (Å²) in [6, 6.07) is 8.69. The molecule has 1 aromatic rings. The second-order valence-electron chi connectivity index (χ2n) is 2.77. The lowest BCUT2D eigenvalue weighted by Crippen LogP contribution is -2.14. The predicted molar refractivity (Wildman–Crippen MR) is 53.4 cm³/mol. The van der Waals surface area contributed by atoms with Crippen LogP contribution in [0.3, 0.4) is 0 Å². The van der Waals surface area contributed by atoms with Crippen molar-refractivity contribution < 1.29 is 0 Å². The fourth-order valence-corrected chi connectivity index (χ4v) is 1.51. The summed E-state index contributed by atoms with van der Waals surface area (Å²) in [4.78, 5) is 4.12. The summed E-state index contributed by atoms with van der Waals surface area (Å²) < 4.78 is 1.12. The summed E-state index contributed by atoms with van der Waals surface area (Å²) in [5.74, 6) is 0. The molecule has 0 saturated carbocycles. The molecule has 12 heavy (non-hydrogen) atoms. The van der Waals surface area contributed by atoms with Gasteiger partial charge in [0.15, 0.2) is 0 Å². The van der Waals surface area contributed by atoms with Crippen molar-refractivity contribution in [3.05, 3.63) is 34.3 Å². The number of nitrogens with zero attached hydrogens (tertiary/aromatic N) is 1. The number of halogens is 1. The molecule has 1 atom stereocenters. The van der Waals surface area contributed by atoms with Crippen LogP contribution in [0, 0.1) is 0 Å². The highest BCUT2D eigenvalue weighted by atomic mass is 79.9. The molecule has 2 nitrogen and oxygen atoms in total. The fourth-order valence-electron chi connectivity index (χ4n) is 1.25. The van der Waals surface area contributed by atoms with Crippen molar-refractivity contribution in [2.45, 2.75) is 6.04 Å². The van der Waals surface area contributed by atoms with Crippen molar-refractivity contribution in [2.75, 3.05) is 6.54 Å². The second-order valence-corrected chi connectivity index (χ2v) is 3.68. The highest BCUT2D eigenvalue weighted by Gasteiger charge is 2.11. The van der Waals surface area contributed by atoms with E-state index in [2.05, 4.69) is 50.5 Å². The SMILES string of the molecule is Brc1ccc(C2CN=CN2)cc1. The number of aliphatic imine (C=N–C) groups is 1. The topological polar surface area (TPSA) is 24.4 Å². The molecule has 2 rings (SSSR count). The van der Waals surface area contributed by atoms with Crippen LogP contribution in [0.4, 0.5) is 0 Å². The molecule has 1 aliphatic heterocycles. The largest absolute Gasteiger partial charge is 0.368 e. The highest BCUT2D eigenvalue weighted by molar-refractivity contribution is 9.10. The summed E-state index contributed by atoms with van der Waals surface area (Å²) in [6.07, 6.45) is 1.77. The maximum atomic E-state index is 4.12. The normalized spacial score (nSPS) is 20.9. The Morgan fingerprint density at radius 2 is 2.08 bits per heavy atom. The molecule has 62 valence electrons. The van der Waals surface area contributed by atoms with Gasteiger partial charge in [0.05, 0.1) is 18.9 Å². The molecule has 0 aromatic heterocycles. The van der Waals surface area contributed by atoms with Crippen molar-refractivity contribution in [1.29, 1.82) is 0 Å². The zero-order chi connectivity index (χ0) is 8.39. The summed E-state index contributed by atoms with van der Waals surface area (Å²) >= 11 is 3.40. The number of hydrogen-bond donors (Lipinski definition) is 1. The summed E-state index contributed by atoms with van der Waals surface area (Å²) in [5.41, 5.74) is 1.29. The standard InChI is InChI=1S/C9H9BrN2/c10-8-3-1-7(2-4-8)9-5-11-6-12-9/h1-4,6,9H,5H2,(H,11,12). The van der Waals surface area contributed by atoms with Gasteiger partial charge in [-0.1, -0.05) is 28.1 Å². The molecule has 1 aliphatic rings. The van der Waals surface area contributed by atoms with Gasteiger partial charge in [-0.25, -0.2) is 0 Å². The van der Waals surface area contributed by atoms with E-state index in [9.17, 15) is 0 Å². The van der Waals surface area contributed by atoms with Crippen LogP contribution in [-0.4, -0.2) is 12.9 Å². The third-order valence-corrected chi connectivity index (χ3v) is 2.46. The maximum Gasteiger partial charge on any atom is 0.0830 e. The van der Waals surface area contributed by atoms with Crippen LogP contribution in [0.2, 0.25) is 0 Å². The number of hydrogen-bond acceptors (Lipinski definition) is 2. The summed E-state index contributed by atoms with van der Waals surface area (Å²) in [5, 5.41) is 3.19. The van der Waals surface area contributed by atoms with E-state index in [0.717, 1.165) is 11.0 Å². The molecule has 3 heteroatoms. The van der Waals surface area contributed by atoms with Crippen LogP contribution in [0.25, 0.3) is 0 Å². The first-order valence-corrected chi connectivity index (χ1v) is 4.65. The fraction of sp³-hybridized carbons (Fsp3) is 0.222. The van der Waals surface area contributed by atoms with E-state index >= 15 is 0 Å². The van der Waals surface area contributed by atoms with Crippen molar-refractivity contribution >= 4 is 22.3 Å². The maximum absolute atomic E-state index is 4.12. The molecule has 0 spiro atoms. The molecule has 0 fully saturated rings. The van der Waals surface area contributed by atoms with E-state index in [0.29, 0.717) is 6.04 Å². The van der Waals surface area contributed by atoms with Gasteiger partial charge in [-0.05, 0) is 17.7 Å².